The fourth-order valence-electron chi connectivity index (χ4n) is 3.14. The highest BCUT2D eigenvalue weighted by Crippen LogP contribution is 2.56. The van der Waals surface area contributed by atoms with E-state index in [1.54, 1.807) is 0 Å². The van der Waals surface area contributed by atoms with Crippen molar-refractivity contribution in [2.24, 2.45) is 0 Å². The molecule has 0 spiro atoms. The standard InChI is InChI=1S/C19H14F10S/c1-9-6-10(2)15(12-5-4-11(17(21,22)23)8-14(12)30-3)13(7-9)16(20,18(24,25)26)19(27,28)29/h4-8H,1-3H3. The van der Waals surface area contributed by atoms with Crippen LogP contribution in [0.4, 0.5) is 43.9 Å². The second-order valence-electron chi connectivity index (χ2n) is 6.57. The zero-order valence-electron chi connectivity index (χ0n) is 15.6. The molecule has 0 amide bonds. The first-order valence-electron chi connectivity index (χ1n) is 8.14. The molecule has 30 heavy (non-hydrogen) atoms. The second-order valence-corrected chi connectivity index (χ2v) is 7.42. The van der Waals surface area contributed by atoms with E-state index in [2.05, 4.69) is 0 Å². The third-order valence-electron chi connectivity index (χ3n) is 4.43. The summed E-state index contributed by atoms with van der Waals surface area (Å²) in [5.41, 5.74) is -9.90. The third kappa shape index (κ3) is 4.13. The molecule has 0 atom stereocenters. The smallest absolute Gasteiger partial charge is 0.218 e. The predicted molar refractivity (Wildman–Crippen MR) is 93.0 cm³/mol. The maximum atomic E-state index is 14.9. The van der Waals surface area contributed by atoms with Crippen LogP contribution in [0.3, 0.4) is 0 Å². The molecular weight excluding hydrogens is 450 g/mol. The first-order valence-corrected chi connectivity index (χ1v) is 9.37. The monoisotopic (exact) mass is 464 g/mol. The predicted octanol–water partition coefficient (Wildman–Crippen LogP) is 8.00. The van der Waals surface area contributed by atoms with E-state index in [1.165, 1.54) is 26.2 Å². The van der Waals surface area contributed by atoms with Crippen molar-refractivity contribution in [2.45, 2.75) is 42.9 Å². The molecule has 0 aliphatic rings. The summed E-state index contributed by atoms with van der Waals surface area (Å²) in [5, 5.41) is 0. The summed E-state index contributed by atoms with van der Waals surface area (Å²) < 4.78 is 134. The molecule has 0 saturated heterocycles. The first-order chi connectivity index (χ1) is 13.4. The lowest BCUT2D eigenvalue weighted by Gasteiger charge is -2.33. The van der Waals surface area contributed by atoms with E-state index < -0.39 is 40.9 Å². The largest absolute Gasteiger partial charge is 0.435 e. The molecule has 0 N–H and O–H groups in total. The molecular formula is C19H14F10S. The Labute approximate surface area is 169 Å². The topological polar surface area (TPSA) is 0 Å². The quantitative estimate of drug-likeness (QED) is 0.328. The molecule has 0 saturated carbocycles. The van der Waals surface area contributed by atoms with E-state index in [-0.39, 0.29) is 21.6 Å². The minimum atomic E-state index is -6.36. The maximum Gasteiger partial charge on any atom is 0.435 e. The van der Waals surface area contributed by atoms with Crippen LogP contribution < -0.4 is 0 Å². The third-order valence-corrected chi connectivity index (χ3v) is 5.21. The number of benzene rings is 2. The number of thioether (sulfide) groups is 1. The van der Waals surface area contributed by atoms with Crippen molar-refractivity contribution < 1.29 is 43.9 Å². The van der Waals surface area contributed by atoms with Crippen molar-refractivity contribution >= 4 is 11.8 Å². The van der Waals surface area contributed by atoms with Gasteiger partial charge in [-0.15, -0.1) is 11.8 Å². The van der Waals surface area contributed by atoms with Gasteiger partial charge in [0.1, 0.15) is 0 Å². The number of alkyl halides is 10. The van der Waals surface area contributed by atoms with Crippen LogP contribution in [0.25, 0.3) is 11.1 Å². The highest BCUT2D eigenvalue weighted by Gasteiger charge is 2.74. The van der Waals surface area contributed by atoms with Crippen LogP contribution in [0, 0.1) is 13.8 Å². The van der Waals surface area contributed by atoms with Crippen LogP contribution in [0.2, 0.25) is 0 Å². The molecule has 0 aliphatic carbocycles. The van der Waals surface area contributed by atoms with E-state index in [1.807, 2.05) is 0 Å². The van der Waals surface area contributed by atoms with Gasteiger partial charge in [-0.05, 0) is 48.9 Å². The number of halogens is 10. The Hall–Kier alpha value is -1.91. The first kappa shape index (κ1) is 24.4. The zero-order valence-corrected chi connectivity index (χ0v) is 16.4. The fraction of sp³-hybridized carbons (Fsp3) is 0.368. The number of hydrogen-bond donors (Lipinski definition) is 0. The number of aryl methyl sites for hydroxylation is 2. The van der Waals surface area contributed by atoms with Crippen molar-refractivity contribution in [1.82, 2.24) is 0 Å². The Bertz CT molecular complexity index is 924. The van der Waals surface area contributed by atoms with E-state index in [4.69, 9.17) is 0 Å². The normalized spacial score (nSPS) is 13.6. The van der Waals surface area contributed by atoms with Crippen LogP contribution in [-0.4, -0.2) is 18.6 Å². The van der Waals surface area contributed by atoms with E-state index >= 15 is 0 Å². The van der Waals surface area contributed by atoms with Gasteiger partial charge in [0.05, 0.1) is 5.56 Å². The molecule has 2 aromatic carbocycles. The van der Waals surface area contributed by atoms with Gasteiger partial charge in [0.2, 0.25) is 0 Å². The maximum absolute atomic E-state index is 14.9. The molecule has 2 aromatic rings. The Morgan fingerprint density at radius 1 is 0.733 bits per heavy atom. The number of rotatable bonds is 3. The van der Waals surface area contributed by atoms with E-state index in [9.17, 15) is 43.9 Å². The molecule has 0 bridgehead atoms. The van der Waals surface area contributed by atoms with Gasteiger partial charge in [-0.1, -0.05) is 23.8 Å². The summed E-state index contributed by atoms with van der Waals surface area (Å²) in [6.07, 6.45) is -16.2. The molecule has 2 rings (SSSR count). The minimum Gasteiger partial charge on any atom is -0.218 e. The fourth-order valence-corrected chi connectivity index (χ4v) is 3.77. The van der Waals surface area contributed by atoms with Gasteiger partial charge >= 0.3 is 24.2 Å². The SMILES string of the molecule is CSc1cc(C(F)(F)F)ccc1-c1c(C)cc(C)cc1C(F)(C(F)(F)F)C(F)(F)F. The average molecular weight is 464 g/mol. The highest BCUT2D eigenvalue weighted by molar-refractivity contribution is 7.98. The van der Waals surface area contributed by atoms with Crippen molar-refractivity contribution in [3.05, 3.63) is 52.6 Å². The summed E-state index contributed by atoms with van der Waals surface area (Å²) >= 11 is 0.683. The summed E-state index contributed by atoms with van der Waals surface area (Å²) in [7, 11) is 0. The van der Waals surface area contributed by atoms with Crippen LogP contribution in [0.5, 0.6) is 0 Å². The summed E-state index contributed by atoms with van der Waals surface area (Å²) in [4.78, 5) is -0.246. The van der Waals surface area contributed by atoms with Crippen molar-refractivity contribution in [3.8, 4) is 11.1 Å². The minimum absolute atomic E-state index is 0.0700. The van der Waals surface area contributed by atoms with Gasteiger partial charge in [0, 0.05) is 10.5 Å². The van der Waals surface area contributed by atoms with Gasteiger partial charge in [0.15, 0.2) is 0 Å². The summed E-state index contributed by atoms with van der Waals surface area (Å²) in [5.74, 6) is 0. The second kappa shape index (κ2) is 7.65. The van der Waals surface area contributed by atoms with Crippen LogP contribution in [0.1, 0.15) is 22.3 Å². The lowest BCUT2D eigenvalue weighted by Crippen LogP contribution is -2.50. The average Bonchev–Trinajstić information content (AvgIpc) is 2.57. The van der Waals surface area contributed by atoms with Crippen molar-refractivity contribution in [2.75, 3.05) is 6.26 Å². The lowest BCUT2D eigenvalue weighted by atomic mass is 9.83. The molecule has 0 unspecified atom stereocenters. The molecule has 166 valence electrons. The molecule has 0 nitrogen and oxygen atoms in total. The van der Waals surface area contributed by atoms with Gasteiger partial charge in [0.25, 0.3) is 0 Å². The molecule has 0 radical (unpaired) electrons. The molecule has 0 fully saturated rings. The van der Waals surface area contributed by atoms with Gasteiger partial charge in [-0.2, -0.15) is 39.5 Å². The van der Waals surface area contributed by atoms with Gasteiger partial charge < -0.3 is 0 Å². The Morgan fingerprint density at radius 3 is 1.70 bits per heavy atom. The number of hydrogen-bond acceptors (Lipinski definition) is 1. The Kier molecular flexibility index (Phi) is 6.21. The Balaban J connectivity index is 2.97. The van der Waals surface area contributed by atoms with Crippen LogP contribution in [0.15, 0.2) is 35.2 Å². The Morgan fingerprint density at radius 2 is 1.27 bits per heavy atom. The van der Waals surface area contributed by atoms with Gasteiger partial charge in [-0.3, -0.25) is 0 Å². The van der Waals surface area contributed by atoms with E-state index in [0.717, 1.165) is 6.07 Å². The van der Waals surface area contributed by atoms with Crippen molar-refractivity contribution in [1.29, 1.82) is 0 Å². The molecule has 0 heterocycles. The highest BCUT2D eigenvalue weighted by atomic mass is 32.2. The summed E-state index contributed by atoms with van der Waals surface area (Å²) in [6, 6.07) is 3.53. The van der Waals surface area contributed by atoms with E-state index in [0.29, 0.717) is 30.0 Å². The zero-order chi connectivity index (χ0) is 23.3. The molecule has 0 aromatic heterocycles. The van der Waals surface area contributed by atoms with Crippen LogP contribution >= 0.6 is 11.8 Å². The van der Waals surface area contributed by atoms with Crippen molar-refractivity contribution in [3.63, 3.8) is 0 Å². The molecule has 0 aliphatic heterocycles. The van der Waals surface area contributed by atoms with Gasteiger partial charge in [-0.25, -0.2) is 4.39 Å². The summed E-state index contributed by atoms with van der Waals surface area (Å²) in [6.45, 7) is 2.36. The van der Waals surface area contributed by atoms with Crippen LogP contribution in [-0.2, 0) is 11.8 Å². The lowest BCUT2D eigenvalue weighted by molar-refractivity contribution is -0.348. The molecule has 11 heteroatoms.